The van der Waals surface area contributed by atoms with Crippen LogP contribution in [0, 0.1) is 0 Å². The highest BCUT2D eigenvalue weighted by molar-refractivity contribution is 5.99. The number of carbonyl (C=O) groups is 3. The van der Waals surface area contributed by atoms with Gasteiger partial charge in [-0.2, -0.15) is 0 Å². The number of rotatable bonds is 4. The SMILES string of the molecule is CC(OC(=O)/C=C/c1ccccn1)C(=O)N1CCNC1=O. The number of ether oxygens (including phenoxy) is 1. The number of amides is 3. The fourth-order valence-electron chi connectivity index (χ4n) is 1.79. The molecule has 2 rings (SSSR count). The molecule has 1 saturated heterocycles. The third-order valence-electron chi connectivity index (χ3n) is 2.84. The maximum absolute atomic E-state index is 11.9. The Morgan fingerprint density at radius 3 is 2.90 bits per heavy atom. The summed E-state index contributed by atoms with van der Waals surface area (Å²) in [5.41, 5.74) is 0.604. The van der Waals surface area contributed by atoms with Crippen molar-refractivity contribution in [1.82, 2.24) is 15.2 Å². The zero-order chi connectivity index (χ0) is 15.2. The first kappa shape index (κ1) is 14.7. The number of nitrogens with one attached hydrogen (secondary N) is 1. The molecule has 110 valence electrons. The lowest BCUT2D eigenvalue weighted by molar-refractivity contribution is -0.153. The maximum Gasteiger partial charge on any atom is 0.331 e. The Morgan fingerprint density at radius 2 is 2.29 bits per heavy atom. The van der Waals surface area contributed by atoms with Gasteiger partial charge in [0.1, 0.15) is 0 Å². The molecule has 0 spiro atoms. The van der Waals surface area contributed by atoms with Crippen LogP contribution in [0.15, 0.2) is 30.5 Å². The molecular weight excluding hydrogens is 274 g/mol. The van der Waals surface area contributed by atoms with Crippen LogP contribution in [0.25, 0.3) is 6.08 Å². The molecule has 0 aliphatic carbocycles. The molecule has 0 aromatic carbocycles. The molecular formula is C14H15N3O4. The smallest absolute Gasteiger partial charge is 0.331 e. The second kappa shape index (κ2) is 6.65. The summed E-state index contributed by atoms with van der Waals surface area (Å²) >= 11 is 0. The minimum absolute atomic E-state index is 0.281. The molecule has 1 unspecified atom stereocenters. The largest absolute Gasteiger partial charge is 0.449 e. The molecule has 1 aliphatic heterocycles. The zero-order valence-electron chi connectivity index (χ0n) is 11.5. The average molecular weight is 289 g/mol. The molecule has 1 aromatic heterocycles. The lowest BCUT2D eigenvalue weighted by Crippen LogP contribution is -2.41. The minimum atomic E-state index is -1.02. The highest BCUT2D eigenvalue weighted by Gasteiger charge is 2.31. The third kappa shape index (κ3) is 3.88. The number of hydrogen-bond acceptors (Lipinski definition) is 5. The van der Waals surface area contributed by atoms with Crippen LogP contribution in [-0.2, 0) is 14.3 Å². The van der Waals surface area contributed by atoms with Crippen molar-refractivity contribution in [3.05, 3.63) is 36.2 Å². The lowest BCUT2D eigenvalue weighted by atomic mass is 10.3. The second-order valence-corrected chi connectivity index (χ2v) is 4.39. The predicted molar refractivity (Wildman–Crippen MR) is 73.9 cm³/mol. The molecule has 21 heavy (non-hydrogen) atoms. The van der Waals surface area contributed by atoms with Gasteiger partial charge in [-0.05, 0) is 25.1 Å². The van der Waals surface area contributed by atoms with Crippen molar-refractivity contribution in [2.24, 2.45) is 0 Å². The van der Waals surface area contributed by atoms with Crippen molar-refractivity contribution in [3.8, 4) is 0 Å². The summed E-state index contributed by atoms with van der Waals surface area (Å²) < 4.78 is 4.97. The number of nitrogens with zero attached hydrogens (tertiary/aromatic N) is 2. The summed E-state index contributed by atoms with van der Waals surface area (Å²) in [6, 6.07) is 4.81. The third-order valence-corrected chi connectivity index (χ3v) is 2.84. The summed E-state index contributed by atoms with van der Waals surface area (Å²) in [7, 11) is 0. The molecule has 1 aromatic rings. The van der Waals surface area contributed by atoms with Crippen LogP contribution in [0.1, 0.15) is 12.6 Å². The molecule has 0 radical (unpaired) electrons. The van der Waals surface area contributed by atoms with Crippen LogP contribution in [0.4, 0.5) is 4.79 Å². The van der Waals surface area contributed by atoms with E-state index in [1.54, 1.807) is 24.4 Å². The van der Waals surface area contributed by atoms with E-state index in [4.69, 9.17) is 4.74 Å². The summed E-state index contributed by atoms with van der Waals surface area (Å²) in [6.45, 7) is 2.12. The van der Waals surface area contributed by atoms with Crippen molar-refractivity contribution in [1.29, 1.82) is 0 Å². The number of imide groups is 1. The highest BCUT2D eigenvalue weighted by atomic mass is 16.5. The van der Waals surface area contributed by atoms with Crippen LogP contribution < -0.4 is 5.32 Å². The van der Waals surface area contributed by atoms with Crippen molar-refractivity contribution in [2.75, 3.05) is 13.1 Å². The number of aromatic nitrogens is 1. The van der Waals surface area contributed by atoms with Gasteiger partial charge in [0.25, 0.3) is 5.91 Å². The number of hydrogen-bond donors (Lipinski definition) is 1. The highest BCUT2D eigenvalue weighted by Crippen LogP contribution is 2.05. The molecule has 1 atom stereocenters. The van der Waals surface area contributed by atoms with E-state index in [1.165, 1.54) is 19.1 Å². The Morgan fingerprint density at radius 1 is 1.48 bits per heavy atom. The Kier molecular flexibility index (Phi) is 4.65. The Hall–Kier alpha value is -2.70. The number of carbonyl (C=O) groups excluding carboxylic acids is 3. The summed E-state index contributed by atoms with van der Waals surface area (Å²) in [5.74, 6) is -1.20. The van der Waals surface area contributed by atoms with Crippen LogP contribution in [0.2, 0.25) is 0 Å². The lowest BCUT2D eigenvalue weighted by Gasteiger charge is -2.17. The van der Waals surface area contributed by atoms with E-state index < -0.39 is 24.0 Å². The molecule has 7 nitrogen and oxygen atoms in total. The standard InChI is InChI=1S/C14H15N3O4/c1-10(13(19)17-9-8-16-14(17)20)21-12(18)6-5-11-4-2-3-7-15-11/h2-7,10H,8-9H2,1H3,(H,16,20)/b6-5+. The van der Waals surface area contributed by atoms with Gasteiger partial charge in [0.2, 0.25) is 0 Å². The molecule has 2 heterocycles. The van der Waals surface area contributed by atoms with Crippen molar-refractivity contribution in [3.63, 3.8) is 0 Å². The first-order valence-electron chi connectivity index (χ1n) is 6.47. The van der Waals surface area contributed by atoms with Crippen LogP contribution >= 0.6 is 0 Å². The molecule has 1 N–H and O–H groups in total. The van der Waals surface area contributed by atoms with E-state index >= 15 is 0 Å². The van der Waals surface area contributed by atoms with Gasteiger partial charge in [-0.1, -0.05) is 6.07 Å². The van der Waals surface area contributed by atoms with Crippen LogP contribution in [-0.4, -0.2) is 47.0 Å². The van der Waals surface area contributed by atoms with Gasteiger partial charge in [0.15, 0.2) is 6.10 Å². The number of pyridine rings is 1. The molecule has 1 fully saturated rings. The molecule has 0 saturated carbocycles. The van der Waals surface area contributed by atoms with Crippen LogP contribution in [0.3, 0.4) is 0 Å². The Bertz CT molecular complexity index is 571. The Labute approximate surface area is 121 Å². The van der Waals surface area contributed by atoms with Crippen molar-refractivity contribution < 1.29 is 19.1 Å². The zero-order valence-corrected chi connectivity index (χ0v) is 11.5. The summed E-state index contributed by atoms with van der Waals surface area (Å²) in [4.78, 5) is 39.9. The summed E-state index contributed by atoms with van der Waals surface area (Å²) in [6.07, 6.45) is 3.26. The first-order valence-corrected chi connectivity index (χ1v) is 6.47. The van der Waals surface area contributed by atoms with Gasteiger partial charge in [-0.3, -0.25) is 14.7 Å². The molecule has 0 bridgehead atoms. The monoisotopic (exact) mass is 289 g/mol. The number of urea groups is 1. The Balaban J connectivity index is 1.88. The fourth-order valence-corrected chi connectivity index (χ4v) is 1.79. The van der Waals surface area contributed by atoms with Crippen LogP contribution in [0.5, 0.6) is 0 Å². The van der Waals surface area contributed by atoms with Gasteiger partial charge in [0, 0.05) is 25.4 Å². The molecule has 7 heteroatoms. The van der Waals surface area contributed by atoms with E-state index in [1.807, 2.05) is 0 Å². The van der Waals surface area contributed by atoms with Gasteiger partial charge in [-0.15, -0.1) is 0 Å². The van der Waals surface area contributed by atoms with Gasteiger partial charge in [-0.25, -0.2) is 9.59 Å². The maximum atomic E-state index is 11.9. The van der Waals surface area contributed by atoms with Crippen molar-refractivity contribution in [2.45, 2.75) is 13.0 Å². The first-order chi connectivity index (χ1) is 10.1. The molecule has 1 aliphatic rings. The van der Waals surface area contributed by atoms with E-state index in [-0.39, 0.29) is 6.54 Å². The van der Waals surface area contributed by atoms with Crippen molar-refractivity contribution >= 4 is 24.0 Å². The topological polar surface area (TPSA) is 88.6 Å². The average Bonchev–Trinajstić information content (AvgIpc) is 2.91. The minimum Gasteiger partial charge on any atom is -0.449 e. The summed E-state index contributed by atoms with van der Waals surface area (Å²) in [5, 5.41) is 2.51. The quantitative estimate of drug-likeness (QED) is 0.647. The van der Waals surface area contributed by atoms with Gasteiger partial charge in [0.05, 0.1) is 5.69 Å². The van der Waals surface area contributed by atoms with Gasteiger partial charge < -0.3 is 10.1 Å². The fraction of sp³-hybridized carbons (Fsp3) is 0.286. The number of esters is 1. The van der Waals surface area contributed by atoms with E-state index in [9.17, 15) is 14.4 Å². The second-order valence-electron chi connectivity index (χ2n) is 4.39. The molecule has 3 amide bonds. The predicted octanol–water partition coefficient (Wildman–Crippen LogP) is 0.578. The van der Waals surface area contributed by atoms with Gasteiger partial charge >= 0.3 is 12.0 Å². The van der Waals surface area contributed by atoms with E-state index in [0.717, 1.165) is 4.90 Å². The van der Waals surface area contributed by atoms with E-state index in [0.29, 0.717) is 12.2 Å². The van der Waals surface area contributed by atoms with E-state index in [2.05, 4.69) is 10.3 Å². The normalized spacial score (nSPS) is 15.9.